The minimum atomic E-state index is -2.81. The number of thiophene rings is 1. The Morgan fingerprint density at radius 1 is 1.21 bits per heavy atom. The molecule has 1 aromatic heterocycles. The first-order valence-electron chi connectivity index (χ1n) is 9.72. The van der Waals surface area contributed by atoms with Crippen molar-refractivity contribution in [2.24, 2.45) is 4.99 Å². The van der Waals surface area contributed by atoms with Crippen LogP contribution in [0.3, 0.4) is 0 Å². The molecular weight excluding hydrogens is 509 g/mol. The molecule has 0 aliphatic carbocycles. The average Bonchev–Trinajstić information content (AvgIpc) is 3.36. The molecule has 3 rings (SSSR count). The molecule has 0 aromatic carbocycles. The molecule has 2 aliphatic rings. The van der Waals surface area contributed by atoms with E-state index < -0.39 is 9.84 Å². The predicted octanol–water partition coefficient (Wildman–Crippen LogP) is 1.40. The van der Waals surface area contributed by atoms with Gasteiger partial charge in [0.2, 0.25) is 0 Å². The number of rotatable bonds is 7. The smallest absolute Gasteiger partial charge is 0.191 e. The van der Waals surface area contributed by atoms with Crippen molar-refractivity contribution in [1.29, 1.82) is 0 Å². The Morgan fingerprint density at radius 2 is 1.93 bits per heavy atom. The molecule has 0 amide bonds. The first-order valence-corrected chi connectivity index (χ1v) is 12.4. The summed E-state index contributed by atoms with van der Waals surface area (Å²) in [5.74, 6) is 1.36. The first kappa shape index (κ1) is 23.8. The molecule has 2 N–H and O–H groups in total. The molecule has 3 heterocycles. The highest BCUT2D eigenvalue weighted by atomic mass is 127. The zero-order valence-corrected chi connectivity index (χ0v) is 20.4. The third-order valence-corrected chi connectivity index (χ3v) is 7.88. The Morgan fingerprint density at radius 3 is 2.54 bits per heavy atom. The Kier molecular flexibility index (Phi) is 9.94. The fourth-order valence-corrected chi connectivity index (χ4v) is 5.80. The molecule has 10 heteroatoms. The zero-order chi connectivity index (χ0) is 19.1. The summed E-state index contributed by atoms with van der Waals surface area (Å²) in [5, 5.41) is 8.98. The molecule has 1 atom stereocenters. The van der Waals surface area contributed by atoms with Gasteiger partial charge in [0.1, 0.15) is 0 Å². The summed E-state index contributed by atoms with van der Waals surface area (Å²) in [6, 6.07) is 4.73. The van der Waals surface area contributed by atoms with Gasteiger partial charge in [-0.2, -0.15) is 0 Å². The van der Waals surface area contributed by atoms with Gasteiger partial charge in [-0.25, -0.2) is 8.42 Å². The summed E-state index contributed by atoms with van der Waals surface area (Å²) in [6.07, 6.45) is 2.56. The van der Waals surface area contributed by atoms with E-state index in [-0.39, 0.29) is 35.5 Å². The fourth-order valence-electron chi connectivity index (χ4n) is 3.66. The van der Waals surface area contributed by atoms with E-state index in [4.69, 9.17) is 0 Å². The normalized spacial score (nSPS) is 21.8. The van der Waals surface area contributed by atoms with Crippen molar-refractivity contribution in [3.63, 3.8) is 0 Å². The maximum absolute atomic E-state index is 11.5. The van der Waals surface area contributed by atoms with E-state index in [0.717, 1.165) is 38.7 Å². The number of nitrogens with one attached hydrogen (secondary N) is 2. The first-order chi connectivity index (χ1) is 13.1. The summed E-state index contributed by atoms with van der Waals surface area (Å²) < 4.78 is 23.0. The third-order valence-electron chi connectivity index (χ3n) is 5.30. The lowest BCUT2D eigenvalue weighted by molar-refractivity contribution is 0.248. The molecule has 2 fully saturated rings. The van der Waals surface area contributed by atoms with Crippen molar-refractivity contribution in [1.82, 2.24) is 20.4 Å². The highest BCUT2D eigenvalue weighted by Crippen LogP contribution is 2.27. The summed E-state index contributed by atoms with van der Waals surface area (Å²) in [5.41, 5.74) is 0. The molecule has 2 saturated heterocycles. The van der Waals surface area contributed by atoms with Gasteiger partial charge in [0.05, 0.1) is 17.5 Å². The van der Waals surface area contributed by atoms with Crippen LogP contribution >= 0.6 is 35.3 Å². The molecule has 1 aromatic rings. The van der Waals surface area contributed by atoms with Gasteiger partial charge in [0.25, 0.3) is 0 Å². The monoisotopic (exact) mass is 541 g/mol. The summed E-state index contributed by atoms with van der Waals surface area (Å²) in [4.78, 5) is 10.5. The lowest BCUT2D eigenvalue weighted by Crippen LogP contribution is -2.47. The minimum absolute atomic E-state index is 0. The SMILES string of the molecule is CN=C(NCCN1CCS(=O)(=O)CC1)NCC(c1cccs1)N1CCCC1.I. The molecule has 0 saturated carbocycles. The predicted molar refractivity (Wildman–Crippen MR) is 128 cm³/mol. The van der Waals surface area contributed by atoms with Crippen LogP contribution < -0.4 is 10.6 Å². The van der Waals surface area contributed by atoms with Gasteiger partial charge >= 0.3 is 0 Å². The second-order valence-electron chi connectivity index (χ2n) is 7.15. The van der Waals surface area contributed by atoms with Crippen LogP contribution in [0.4, 0.5) is 0 Å². The van der Waals surface area contributed by atoms with Crippen LogP contribution in [0.1, 0.15) is 23.8 Å². The van der Waals surface area contributed by atoms with Crippen molar-refractivity contribution < 1.29 is 8.42 Å². The molecule has 0 spiro atoms. The van der Waals surface area contributed by atoms with Crippen molar-refractivity contribution in [3.05, 3.63) is 22.4 Å². The van der Waals surface area contributed by atoms with Gasteiger partial charge in [0, 0.05) is 44.6 Å². The largest absolute Gasteiger partial charge is 0.355 e. The van der Waals surface area contributed by atoms with Crippen LogP contribution in [0.5, 0.6) is 0 Å². The van der Waals surface area contributed by atoms with Gasteiger partial charge in [-0.1, -0.05) is 6.07 Å². The van der Waals surface area contributed by atoms with E-state index in [9.17, 15) is 8.42 Å². The molecule has 1 unspecified atom stereocenters. The molecule has 0 bridgehead atoms. The van der Waals surface area contributed by atoms with Crippen molar-refractivity contribution >= 4 is 51.1 Å². The number of sulfone groups is 1. The number of nitrogens with zero attached hydrogens (tertiary/aromatic N) is 3. The fraction of sp³-hybridized carbons (Fsp3) is 0.722. The summed E-state index contributed by atoms with van der Waals surface area (Å²) in [7, 11) is -1.02. The second-order valence-corrected chi connectivity index (χ2v) is 10.4. The maximum Gasteiger partial charge on any atom is 0.191 e. The average molecular weight is 542 g/mol. The van der Waals surface area contributed by atoms with Crippen molar-refractivity contribution in [2.45, 2.75) is 18.9 Å². The van der Waals surface area contributed by atoms with Crippen LogP contribution in [-0.2, 0) is 9.84 Å². The maximum atomic E-state index is 11.5. The van der Waals surface area contributed by atoms with Gasteiger partial charge in [-0.15, -0.1) is 35.3 Å². The number of hydrogen-bond acceptors (Lipinski definition) is 6. The van der Waals surface area contributed by atoms with Gasteiger partial charge in [0.15, 0.2) is 15.8 Å². The number of guanidine groups is 1. The number of hydrogen-bond donors (Lipinski definition) is 2. The van der Waals surface area contributed by atoms with Crippen LogP contribution in [0, 0.1) is 0 Å². The van der Waals surface area contributed by atoms with Gasteiger partial charge < -0.3 is 10.6 Å². The minimum Gasteiger partial charge on any atom is -0.355 e. The lowest BCUT2D eigenvalue weighted by Gasteiger charge is -2.28. The molecular formula is C18H32IN5O2S2. The van der Waals surface area contributed by atoms with E-state index >= 15 is 0 Å². The highest BCUT2D eigenvalue weighted by Gasteiger charge is 2.24. The molecule has 0 radical (unpaired) electrons. The van der Waals surface area contributed by atoms with E-state index in [0.29, 0.717) is 19.1 Å². The lowest BCUT2D eigenvalue weighted by atomic mass is 10.2. The van der Waals surface area contributed by atoms with E-state index in [2.05, 4.69) is 42.9 Å². The quantitative estimate of drug-likeness (QED) is 0.309. The zero-order valence-electron chi connectivity index (χ0n) is 16.5. The standard InChI is InChI=1S/C18H31N5O2S2.HI/c1-19-18(20-6-9-22-10-13-27(24,25)14-11-22)21-15-16(17-5-4-12-26-17)23-7-2-3-8-23;/h4-5,12,16H,2-3,6-11,13-15H2,1H3,(H2,19,20,21);1H. The van der Waals surface area contributed by atoms with Crippen LogP contribution in [-0.4, -0.2) is 88.5 Å². The topological polar surface area (TPSA) is 77.0 Å². The molecule has 28 heavy (non-hydrogen) atoms. The Balaban J connectivity index is 0.00000280. The molecule has 160 valence electrons. The van der Waals surface area contributed by atoms with Crippen LogP contribution in [0.25, 0.3) is 0 Å². The van der Waals surface area contributed by atoms with Crippen molar-refractivity contribution in [2.75, 3.05) is 64.4 Å². The van der Waals surface area contributed by atoms with E-state index in [1.165, 1.54) is 17.7 Å². The number of likely N-dealkylation sites (tertiary alicyclic amines) is 1. The van der Waals surface area contributed by atoms with Crippen LogP contribution in [0.15, 0.2) is 22.5 Å². The molecule has 7 nitrogen and oxygen atoms in total. The van der Waals surface area contributed by atoms with E-state index in [1.807, 2.05) is 11.3 Å². The number of halogens is 1. The van der Waals surface area contributed by atoms with Gasteiger partial charge in [-0.05, 0) is 37.4 Å². The number of aliphatic imine (C=N–C) groups is 1. The Hall–Kier alpha value is -0.430. The second kappa shape index (κ2) is 11.7. The summed E-state index contributed by atoms with van der Waals surface area (Å²) >= 11 is 1.82. The van der Waals surface area contributed by atoms with Gasteiger partial charge in [-0.3, -0.25) is 14.8 Å². The third kappa shape index (κ3) is 7.12. The van der Waals surface area contributed by atoms with Crippen LogP contribution in [0.2, 0.25) is 0 Å². The van der Waals surface area contributed by atoms with E-state index in [1.54, 1.807) is 7.05 Å². The summed E-state index contributed by atoms with van der Waals surface area (Å²) in [6.45, 7) is 6.01. The Bertz CT molecular complexity index is 692. The Labute approximate surface area is 189 Å². The van der Waals surface area contributed by atoms with Crippen molar-refractivity contribution in [3.8, 4) is 0 Å². The highest BCUT2D eigenvalue weighted by molar-refractivity contribution is 14.0. The molecule has 2 aliphatic heterocycles.